The molecular weight excluding hydrogens is 312 g/mol. The van der Waals surface area contributed by atoms with Crippen LogP contribution in [0.5, 0.6) is 5.95 Å². The van der Waals surface area contributed by atoms with E-state index in [9.17, 15) is 5.11 Å². The van der Waals surface area contributed by atoms with Crippen LogP contribution in [-0.4, -0.2) is 16.3 Å². The van der Waals surface area contributed by atoms with Crippen LogP contribution in [0.1, 0.15) is 28.3 Å². The average molecular weight is 330 g/mol. The van der Waals surface area contributed by atoms with E-state index in [2.05, 4.69) is 41.2 Å². The average Bonchev–Trinajstić information content (AvgIpc) is 3.19. The Kier molecular flexibility index (Phi) is 3.94. The van der Waals surface area contributed by atoms with Gasteiger partial charge >= 0.3 is 5.95 Å². The molecule has 2 aromatic carbocycles. The van der Waals surface area contributed by atoms with Crippen LogP contribution in [-0.2, 0) is 12.8 Å². The molecule has 0 aliphatic carbocycles. The van der Waals surface area contributed by atoms with Gasteiger partial charge in [-0.15, -0.1) is 0 Å². The summed E-state index contributed by atoms with van der Waals surface area (Å²) in [6.07, 6.45) is 5.05. The van der Waals surface area contributed by atoms with Crippen LogP contribution in [0.15, 0.2) is 57.9 Å². The second kappa shape index (κ2) is 6.40. The first-order chi connectivity index (χ1) is 12.2. The van der Waals surface area contributed by atoms with Crippen LogP contribution < -0.4 is 0 Å². The molecule has 0 saturated heterocycles. The lowest BCUT2D eigenvalue weighted by molar-refractivity contribution is 0.316. The van der Waals surface area contributed by atoms with Crippen molar-refractivity contribution in [2.45, 2.75) is 19.8 Å². The molecule has 1 aliphatic rings. The minimum Gasteiger partial charge on any atom is -0.479 e. The maximum atomic E-state index is 10.1. The Balaban J connectivity index is 1.52. The number of hydrogen-bond acceptors (Lipinski definition) is 4. The lowest BCUT2D eigenvalue weighted by Gasteiger charge is -1.99. The van der Waals surface area contributed by atoms with E-state index in [1.165, 1.54) is 11.1 Å². The maximum Gasteiger partial charge on any atom is 0.310 e. The first-order valence-corrected chi connectivity index (χ1v) is 8.28. The van der Waals surface area contributed by atoms with Crippen LogP contribution in [0.3, 0.4) is 0 Å². The predicted octanol–water partition coefficient (Wildman–Crippen LogP) is 4.73. The third-order valence-electron chi connectivity index (χ3n) is 4.28. The number of benzene rings is 2. The second-order valence-electron chi connectivity index (χ2n) is 6.16. The number of allylic oxidation sites excluding steroid dienone is 1. The third kappa shape index (κ3) is 3.24. The highest BCUT2D eigenvalue weighted by Gasteiger charge is 2.15. The number of rotatable bonds is 4. The second-order valence-corrected chi connectivity index (χ2v) is 6.16. The molecule has 1 aromatic heterocycles. The first kappa shape index (κ1) is 15.4. The summed E-state index contributed by atoms with van der Waals surface area (Å²) in [5.74, 6) is 0.386. The maximum absolute atomic E-state index is 10.1. The molecule has 25 heavy (non-hydrogen) atoms. The summed E-state index contributed by atoms with van der Waals surface area (Å²) >= 11 is 0. The summed E-state index contributed by atoms with van der Waals surface area (Å²) in [7, 11) is 0. The Hall–Kier alpha value is -3.14. The fourth-order valence-corrected chi connectivity index (χ4v) is 2.88. The van der Waals surface area contributed by atoms with Crippen molar-refractivity contribution in [2.24, 2.45) is 4.99 Å². The molecule has 0 bridgehead atoms. The summed E-state index contributed by atoms with van der Waals surface area (Å²) in [6.45, 7) is 2.07. The topological polar surface area (TPSA) is 58.6 Å². The van der Waals surface area contributed by atoms with Crippen LogP contribution in [0.25, 0.3) is 11.6 Å². The normalized spacial score (nSPS) is 14.2. The van der Waals surface area contributed by atoms with Gasteiger partial charge in [-0.1, -0.05) is 48.0 Å². The minimum absolute atomic E-state index is 0.149. The third-order valence-corrected chi connectivity index (χ3v) is 4.28. The molecule has 0 fully saturated rings. The minimum atomic E-state index is -0.149. The van der Waals surface area contributed by atoms with Crippen molar-refractivity contribution in [3.05, 3.63) is 76.8 Å². The molecule has 4 rings (SSSR count). The molecule has 1 aliphatic heterocycles. The van der Waals surface area contributed by atoms with Gasteiger partial charge in [-0.05, 0) is 31.1 Å². The number of aryl methyl sites for hydroxylation is 3. The van der Waals surface area contributed by atoms with Gasteiger partial charge in [0.15, 0.2) is 5.89 Å². The Bertz CT molecular complexity index is 966. The van der Waals surface area contributed by atoms with Crippen LogP contribution in [0, 0.1) is 6.92 Å². The summed E-state index contributed by atoms with van der Waals surface area (Å²) in [4.78, 5) is 8.79. The van der Waals surface area contributed by atoms with Gasteiger partial charge in [0, 0.05) is 23.8 Å². The summed E-state index contributed by atoms with van der Waals surface area (Å²) in [5, 5.41) is 10.1. The lowest BCUT2D eigenvalue weighted by atomic mass is 10.1. The summed E-state index contributed by atoms with van der Waals surface area (Å²) < 4.78 is 5.41. The fourth-order valence-electron chi connectivity index (χ4n) is 2.88. The number of para-hydroxylation sites is 1. The highest BCUT2D eigenvalue weighted by Crippen LogP contribution is 2.33. The smallest absolute Gasteiger partial charge is 0.310 e. The zero-order valence-corrected chi connectivity index (χ0v) is 13.9. The molecule has 1 N–H and O–H groups in total. The monoisotopic (exact) mass is 330 g/mol. The lowest BCUT2D eigenvalue weighted by Crippen LogP contribution is -1.92. The highest BCUT2D eigenvalue weighted by molar-refractivity contribution is 6.21. The van der Waals surface area contributed by atoms with Gasteiger partial charge in [-0.3, -0.25) is 4.99 Å². The molecule has 0 amide bonds. The van der Waals surface area contributed by atoms with E-state index in [0.717, 1.165) is 23.2 Å². The number of oxazole rings is 1. The Morgan fingerprint density at radius 3 is 2.68 bits per heavy atom. The molecule has 2 heterocycles. The van der Waals surface area contributed by atoms with E-state index in [0.29, 0.717) is 18.0 Å². The van der Waals surface area contributed by atoms with E-state index in [-0.39, 0.29) is 5.95 Å². The Morgan fingerprint density at radius 1 is 1.04 bits per heavy atom. The van der Waals surface area contributed by atoms with Crippen LogP contribution in [0.4, 0.5) is 5.69 Å². The van der Waals surface area contributed by atoms with E-state index < -0.39 is 0 Å². The number of hydrogen-bond donors (Lipinski definition) is 1. The molecule has 0 saturated carbocycles. The van der Waals surface area contributed by atoms with Gasteiger partial charge in [-0.25, -0.2) is 4.98 Å². The molecule has 4 heteroatoms. The van der Waals surface area contributed by atoms with Gasteiger partial charge in [0.25, 0.3) is 0 Å². The van der Waals surface area contributed by atoms with Gasteiger partial charge in [0.1, 0.15) is 5.69 Å². The van der Waals surface area contributed by atoms with Crippen molar-refractivity contribution in [3.63, 3.8) is 0 Å². The highest BCUT2D eigenvalue weighted by atomic mass is 16.5. The van der Waals surface area contributed by atoms with Crippen molar-refractivity contribution in [1.82, 2.24) is 4.98 Å². The van der Waals surface area contributed by atoms with Crippen LogP contribution in [0.2, 0.25) is 0 Å². The summed E-state index contributed by atoms with van der Waals surface area (Å²) in [5.41, 5.74) is 5.79. The van der Waals surface area contributed by atoms with Crippen molar-refractivity contribution >= 4 is 23.6 Å². The molecule has 0 atom stereocenters. The molecule has 4 nitrogen and oxygen atoms in total. The zero-order chi connectivity index (χ0) is 17.2. The first-order valence-electron chi connectivity index (χ1n) is 8.28. The molecule has 0 unspecified atom stereocenters. The molecule has 3 aromatic rings. The molecule has 0 radical (unpaired) electrons. The molecule has 0 spiro atoms. The summed E-state index contributed by atoms with van der Waals surface area (Å²) in [6, 6.07) is 16.3. The van der Waals surface area contributed by atoms with Crippen LogP contribution >= 0.6 is 0 Å². The quantitative estimate of drug-likeness (QED) is 0.752. The van der Waals surface area contributed by atoms with Crippen molar-refractivity contribution in [2.75, 3.05) is 0 Å². The number of aromatic hydroxyl groups is 1. The van der Waals surface area contributed by atoms with Gasteiger partial charge in [0.2, 0.25) is 0 Å². The Labute approximate surface area is 146 Å². The van der Waals surface area contributed by atoms with E-state index in [1.807, 2.05) is 30.3 Å². The standard InChI is InChI=1S/C21H18N2O2/c1-14-6-8-15(9-7-14)10-11-20-23-19(21(24)25-20)12-16-13-22-18-5-3-2-4-17(16)18/h2-9,12-13,24H,10-11H2,1H3/b16-12+. The van der Waals surface area contributed by atoms with Crippen molar-refractivity contribution < 1.29 is 9.52 Å². The fraction of sp³-hybridized carbons (Fsp3) is 0.143. The van der Waals surface area contributed by atoms with E-state index >= 15 is 0 Å². The van der Waals surface area contributed by atoms with Gasteiger partial charge in [0.05, 0.1) is 5.69 Å². The van der Waals surface area contributed by atoms with Gasteiger partial charge < -0.3 is 9.52 Å². The SMILES string of the molecule is Cc1ccc(CCc2nc(/C=C3\C=Nc4ccccc43)c(O)o2)cc1. The largest absolute Gasteiger partial charge is 0.479 e. The zero-order valence-electron chi connectivity index (χ0n) is 13.9. The van der Waals surface area contributed by atoms with Gasteiger partial charge in [-0.2, -0.15) is 0 Å². The number of aromatic nitrogens is 1. The number of fused-ring (bicyclic) bond motifs is 1. The molecule has 124 valence electrons. The van der Waals surface area contributed by atoms with E-state index in [1.54, 1.807) is 6.21 Å². The number of nitrogens with zero attached hydrogens (tertiary/aromatic N) is 2. The number of aliphatic imine (C=N–C) groups is 1. The Morgan fingerprint density at radius 2 is 1.84 bits per heavy atom. The van der Waals surface area contributed by atoms with Crippen molar-refractivity contribution in [1.29, 1.82) is 0 Å². The molecular formula is C21H18N2O2. The van der Waals surface area contributed by atoms with E-state index in [4.69, 9.17) is 4.42 Å². The van der Waals surface area contributed by atoms with Crippen molar-refractivity contribution in [3.8, 4) is 5.95 Å². The predicted molar refractivity (Wildman–Crippen MR) is 99.2 cm³/mol.